The van der Waals surface area contributed by atoms with Crippen molar-refractivity contribution in [1.82, 2.24) is 9.97 Å². The first kappa shape index (κ1) is 14.0. The lowest BCUT2D eigenvalue weighted by molar-refractivity contribution is 0.603. The molecular weight excluding hydrogens is 261 g/mol. The Balaban J connectivity index is 2.34. The number of aromatic nitrogens is 2. The van der Waals surface area contributed by atoms with E-state index in [0.717, 1.165) is 16.3 Å². The molecule has 5 heteroatoms. The van der Waals surface area contributed by atoms with E-state index in [4.69, 9.17) is 5.73 Å². The minimum absolute atomic E-state index is 0.222. The van der Waals surface area contributed by atoms with Crippen molar-refractivity contribution in [3.8, 4) is 0 Å². The van der Waals surface area contributed by atoms with Crippen LogP contribution in [-0.4, -0.2) is 16.5 Å². The molecule has 0 saturated heterocycles. The van der Waals surface area contributed by atoms with Crippen LogP contribution in [0.2, 0.25) is 0 Å². The SMILES string of the molecule is Cc1cc(C)nc(Sc2cccc(F)c2CCN)n1. The van der Waals surface area contributed by atoms with Crippen LogP contribution in [0, 0.1) is 19.7 Å². The maximum atomic E-state index is 13.8. The highest BCUT2D eigenvalue weighted by Gasteiger charge is 2.11. The molecule has 0 saturated carbocycles. The molecule has 0 aliphatic rings. The van der Waals surface area contributed by atoms with E-state index in [2.05, 4.69) is 9.97 Å². The van der Waals surface area contributed by atoms with Crippen molar-refractivity contribution in [2.24, 2.45) is 5.73 Å². The lowest BCUT2D eigenvalue weighted by atomic mass is 10.1. The van der Waals surface area contributed by atoms with Crippen LogP contribution in [0.1, 0.15) is 17.0 Å². The van der Waals surface area contributed by atoms with Crippen LogP contribution in [0.4, 0.5) is 4.39 Å². The van der Waals surface area contributed by atoms with E-state index in [1.54, 1.807) is 6.07 Å². The quantitative estimate of drug-likeness (QED) is 0.873. The van der Waals surface area contributed by atoms with Crippen molar-refractivity contribution in [1.29, 1.82) is 0 Å². The fraction of sp³-hybridized carbons (Fsp3) is 0.286. The van der Waals surface area contributed by atoms with Gasteiger partial charge in [0.05, 0.1) is 0 Å². The number of hydrogen-bond donors (Lipinski definition) is 1. The van der Waals surface area contributed by atoms with E-state index in [1.165, 1.54) is 17.8 Å². The molecule has 100 valence electrons. The summed E-state index contributed by atoms with van der Waals surface area (Å²) < 4.78 is 13.8. The molecule has 1 aromatic carbocycles. The summed E-state index contributed by atoms with van der Waals surface area (Å²) in [6.07, 6.45) is 0.514. The van der Waals surface area contributed by atoms with Crippen LogP contribution in [0.25, 0.3) is 0 Å². The maximum absolute atomic E-state index is 13.8. The zero-order valence-electron chi connectivity index (χ0n) is 11.0. The van der Waals surface area contributed by atoms with Crippen LogP contribution < -0.4 is 5.73 Å². The molecule has 0 bridgehead atoms. The molecule has 0 spiro atoms. The average molecular weight is 277 g/mol. The summed E-state index contributed by atoms with van der Waals surface area (Å²) in [7, 11) is 0. The van der Waals surface area contributed by atoms with Gasteiger partial charge in [-0.25, -0.2) is 14.4 Å². The standard InChI is InChI=1S/C14H16FN3S/c1-9-8-10(2)18-14(17-9)19-13-5-3-4-12(15)11(13)6-7-16/h3-5,8H,6-7,16H2,1-2H3. The molecule has 0 radical (unpaired) electrons. The van der Waals surface area contributed by atoms with Crippen molar-refractivity contribution in [2.45, 2.75) is 30.3 Å². The van der Waals surface area contributed by atoms with Crippen LogP contribution in [0.15, 0.2) is 34.3 Å². The summed E-state index contributed by atoms with van der Waals surface area (Å²) >= 11 is 1.38. The Kier molecular flexibility index (Phi) is 4.50. The number of benzene rings is 1. The fourth-order valence-electron chi connectivity index (χ4n) is 1.86. The van der Waals surface area contributed by atoms with Crippen molar-refractivity contribution in [3.05, 3.63) is 47.0 Å². The maximum Gasteiger partial charge on any atom is 0.192 e. The normalized spacial score (nSPS) is 10.7. The molecule has 2 rings (SSSR count). The molecule has 0 aliphatic carbocycles. The van der Waals surface area contributed by atoms with E-state index < -0.39 is 0 Å². The molecular formula is C14H16FN3S. The molecule has 0 amide bonds. The second-order valence-electron chi connectivity index (χ2n) is 4.29. The van der Waals surface area contributed by atoms with Gasteiger partial charge in [0.1, 0.15) is 5.82 Å². The molecule has 0 unspecified atom stereocenters. The Hall–Kier alpha value is -1.46. The molecule has 19 heavy (non-hydrogen) atoms. The van der Waals surface area contributed by atoms with Crippen molar-refractivity contribution in [3.63, 3.8) is 0 Å². The monoisotopic (exact) mass is 277 g/mol. The highest BCUT2D eigenvalue weighted by atomic mass is 32.2. The minimum atomic E-state index is -0.222. The summed E-state index contributed by atoms with van der Waals surface area (Å²) in [4.78, 5) is 9.55. The first-order chi connectivity index (χ1) is 9.10. The highest BCUT2D eigenvalue weighted by Crippen LogP contribution is 2.30. The van der Waals surface area contributed by atoms with Gasteiger partial charge >= 0.3 is 0 Å². The predicted octanol–water partition coefficient (Wildman–Crippen LogP) is 2.88. The van der Waals surface area contributed by atoms with Gasteiger partial charge in [-0.2, -0.15) is 0 Å². The van der Waals surface area contributed by atoms with Crippen LogP contribution in [0.5, 0.6) is 0 Å². The second-order valence-corrected chi connectivity index (χ2v) is 5.30. The van der Waals surface area contributed by atoms with Gasteiger partial charge in [-0.05, 0) is 56.8 Å². The van der Waals surface area contributed by atoms with Crippen LogP contribution in [-0.2, 0) is 6.42 Å². The molecule has 0 aliphatic heterocycles. The second kappa shape index (κ2) is 6.12. The number of nitrogens with two attached hydrogens (primary N) is 1. The number of rotatable bonds is 4. The third-order valence-electron chi connectivity index (χ3n) is 2.63. The molecule has 2 N–H and O–H groups in total. The summed E-state index contributed by atoms with van der Waals surface area (Å²) in [5, 5.41) is 0.640. The Bertz CT molecular complexity index is 567. The van der Waals surface area contributed by atoms with E-state index in [1.807, 2.05) is 26.0 Å². The summed E-state index contributed by atoms with van der Waals surface area (Å²) in [6.45, 7) is 4.26. The van der Waals surface area contributed by atoms with Crippen LogP contribution in [0.3, 0.4) is 0 Å². The molecule has 1 aromatic heterocycles. The smallest absolute Gasteiger partial charge is 0.192 e. The van der Waals surface area contributed by atoms with Gasteiger partial charge in [-0.1, -0.05) is 6.07 Å². The third kappa shape index (κ3) is 3.52. The fourth-order valence-corrected chi connectivity index (χ4v) is 2.90. The zero-order valence-corrected chi connectivity index (χ0v) is 11.8. The predicted molar refractivity (Wildman–Crippen MR) is 74.8 cm³/mol. The lowest BCUT2D eigenvalue weighted by Crippen LogP contribution is -2.06. The molecule has 0 atom stereocenters. The van der Waals surface area contributed by atoms with Gasteiger partial charge < -0.3 is 5.73 Å². The van der Waals surface area contributed by atoms with Crippen molar-refractivity contribution >= 4 is 11.8 Å². The Morgan fingerprint density at radius 2 is 1.89 bits per heavy atom. The number of aryl methyl sites for hydroxylation is 2. The highest BCUT2D eigenvalue weighted by molar-refractivity contribution is 7.99. The Morgan fingerprint density at radius 3 is 2.53 bits per heavy atom. The topological polar surface area (TPSA) is 51.8 Å². The van der Waals surface area contributed by atoms with E-state index >= 15 is 0 Å². The van der Waals surface area contributed by atoms with Crippen molar-refractivity contribution in [2.75, 3.05) is 6.54 Å². The van der Waals surface area contributed by atoms with Gasteiger partial charge in [0, 0.05) is 21.8 Å². The van der Waals surface area contributed by atoms with Gasteiger partial charge in [-0.3, -0.25) is 0 Å². The largest absolute Gasteiger partial charge is 0.330 e. The number of hydrogen-bond acceptors (Lipinski definition) is 4. The van der Waals surface area contributed by atoms with E-state index in [9.17, 15) is 4.39 Å². The number of halogens is 1. The molecule has 1 heterocycles. The Labute approximate surface area is 116 Å². The summed E-state index contributed by atoms with van der Waals surface area (Å²) in [6, 6.07) is 6.94. The first-order valence-electron chi connectivity index (χ1n) is 6.07. The molecule has 2 aromatic rings. The molecule has 0 fully saturated rings. The Morgan fingerprint density at radius 1 is 1.21 bits per heavy atom. The lowest BCUT2D eigenvalue weighted by Gasteiger charge is -2.09. The van der Waals surface area contributed by atoms with Gasteiger partial charge in [0.2, 0.25) is 0 Å². The minimum Gasteiger partial charge on any atom is -0.330 e. The third-order valence-corrected chi connectivity index (χ3v) is 3.60. The summed E-state index contributed by atoms with van der Waals surface area (Å²) in [5.41, 5.74) is 7.99. The molecule has 3 nitrogen and oxygen atoms in total. The van der Waals surface area contributed by atoms with Gasteiger partial charge in [-0.15, -0.1) is 0 Å². The number of nitrogens with zero attached hydrogens (tertiary/aromatic N) is 2. The van der Waals surface area contributed by atoms with E-state index in [-0.39, 0.29) is 5.82 Å². The zero-order chi connectivity index (χ0) is 13.8. The van der Waals surface area contributed by atoms with Gasteiger partial charge in [0.25, 0.3) is 0 Å². The first-order valence-corrected chi connectivity index (χ1v) is 6.89. The van der Waals surface area contributed by atoms with Crippen LogP contribution >= 0.6 is 11.8 Å². The summed E-state index contributed by atoms with van der Waals surface area (Å²) in [5.74, 6) is -0.222. The van der Waals surface area contributed by atoms with Gasteiger partial charge in [0.15, 0.2) is 5.16 Å². The average Bonchev–Trinajstić information content (AvgIpc) is 2.32. The van der Waals surface area contributed by atoms with Crippen molar-refractivity contribution < 1.29 is 4.39 Å². The van der Waals surface area contributed by atoms with E-state index in [0.29, 0.717) is 23.7 Å².